The quantitative estimate of drug-likeness (QED) is 0.660. The van der Waals surface area contributed by atoms with Crippen LogP contribution in [0.1, 0.15) is 0 Å². The molecule has 0 bridgehead atoms. The van der Waals surface area contributed by atoms with Gasteiger partial charge in [0.25, 0.3) is 5.83 Å². The van der Waals surface area contributed by atoms with Crippen LogP contribution in [0.4, 0.5) is 35.1 Å². The van der Waals surface area contributed by atoms with Gasteiger partial charge in [-0.15, -0.1) is 0 Å². The summed E-state index contributed by atoms with van der Waals surface area (Å²) in [6.07, 6.45) is -14.5. The molecule has 0 aromatic rings. The van der Waals surface area contributed by atoms with Crippen LogP contribution in [0.15, 0.2) is 11.9 Å². The van der Waals surface area contributed by atoms with E-state index < -0.39 is 30.2 Å². The summed E-state index contributed by atoms with van der Waals surface area (Å²) >= 11 is 0. The zero-order chi connectivity index (χ0) is 12.1. The van der Waals surface area contributed by atoms with E-state index in [2.05, 4.69) is 9.47 Å². The Balaban J connectivity index is 3.10. The van der Waals surface area contributed by atoms with Crippen molar-refractivity contribution in [1.29, 1.82) is 0 Å². The Morgan fingerprint density at radius 3 is 1.33 bits per heavy atom. The second kappa shape index (κ2) is 3.04. The van der Waals surface area contributed by atoms with Gasteiger partial charge in [0.1, 0.15) is 0 Å². The summed E-state index contributed by atoms with van der Waals surface area (Å²) in [7, 11) is 0. The minimum Gasteiger partial charge on any atom is -0.246 e. The molecule has 0 aromatic carbocycles. The first-order valence-corrected chi connectivity index (χ1v) is 3.08. The summed E-state index contributed by atoms with van der Waals surface area (Å²) in [6.45, 7) is 0. The van der Waals surface area contributed by atoms with Crippen molar-refractivity contribution in [3.63, 3.8) is 0 Å². The molecule has 2 nitrogen and oxygen atoms in total. The highest BCUT2D eigenvalue weighted by Gasteiger charge is 2.75. The molecule has 0 atom stereocenters. The van der Waals surface area contributed by atoms with Crippen molar-refractivity contribution >= 4 is 0 Å². The highest BCUT2D eigenvalue weighted by molar-refractivity contribution is 5.04. The molecule has 10 heteroatoms. The number of alkyl halides is 5. The molecule has 0 saturated carbocycles. The van der Waals surface area contributed by atoms with Crippen molar-refractivity contribution in [3.05, 3.63) is 11.9 Å². The minimum absolute atomic E-state index is 2.49. The van der Waals surface area contributed by atoms with Gasteiger partial charge < -0.3 is 0 Å². The Hall–Kier alpha value is -0.900. The maximum atomic E-state index is 12.6. The van der Waals surface area contributed by atoms with Crippen LogP contribution in [0.3, 0.4) is 0 Å². The molecule has 0 N–H and O–H groups in total. The fourth-order valence-corrected chi connectivity index (χ4v) is 0.672. The highest BCUT2D eigenvalue weighted by Crippen LogP contribution is 2.52. The summed E-state index contributed by atoms with van der Waals surface area (Å²) in [5.74, 6) is -3.29. The van der Waals surface area contributed by atoms with E-state index in [0.717, 1.165) is 0 Å². The van der Waals surface area contributed by atoms with Gasteiger partial charge in [0.15, 0.2) is 0 Å². The number of hydrogen-bond acceptors (Lipinski definition) is 2. The van der Waals surface area contributed by atoms with Gasteiger partial charge in [0, 0.05) is 0 Å². The fourth-order valence-electron chi connectivity index (χ4n) is 0.672. The molecule has 1 saturated heterocycles. The number of rotatable bonds is 1. The summed E-state index contributed by atoms with van der Waals surface area (Å²) in [5.41, 5.74) is 0. The molecule has 88 valence electrons. The first-order valence-electron chi connectivity index (χ1n) is 3.08. The lowest BCUT2D eigenvalue weighted by Crippen LogP contribution is -2.36. The van der Waals surface area contributed by atoms with Crippen LogP contribution in [-0.4, -0.2) is 18.3 Å². The lowest BCUT2D eigenvalue weighted by atomic mass is 10.5. The van der Waals surface area contributed by atoms with Gasteiger partial charge in [-0.3, -0.25) is 0 Å². The van der Waals surface area contributed by atoms with Crippen molar-refractivity contribution in [1.82, 2.24) is 0 Å². The number of halogens is 8. The Labute approximate surface area is 76.1 Å². The van der Waals surface area contributed by atoms with E-state index in [1.165, 1.54) is 0 Å². The van der Waals surface area contributed by atoms with Crippen LogP contribution in [0.25, 0.3) is 0 Å². The summed E-state index contributed by atoms with van der Waals surface area (Å²) < 4.78 is 101. The van der Waals surface area contributed by atoms with Gasteiger partial charge in [0.05, 0.1) is 0 Å². The molecular weight excluding hydrogens is 244 g/mol. The van der Waals surface area contributed by atoms with Crippen LogP contribution in [0.5, 0.6) is 0 Å². The van der Waals surface area contributed by atoms with Crippen LogP contribution in [0, 0.1) is 0 Å². The Morgan fingerprint density at radius 1 is 0.733 bits per heavy atom. The molecule has 0 spiro atoms. The monoisotopic (exact) mass is 244 g/mol. The average molecular weight is 244 g/mol. The summed E-state index contributed by atoms with van der Waals surface area (Å²) in [6, 6.07) is -4.99. The van der Waals surface area contributed by atoms with Gasteiger partial charge in [-0.05, 0) is 0 Å². The molecule has 0 amide bonds. The maximum absolute atomic E-state index is 12.6. The van der Waals surface area contributed by atoms with Gasteiger partial charge in [-0.25, -0.2) is 9.47 Å². The molecule has 0 aliphatic carbocycles. The predicted octanol–water partition coefficient (Wildman–Crippen LogP) is 2.92. The van der Waals surface area contributed by atoms with E-state index in [1.807, 2.05) is 0 Å². The van der Waals surface area contributed by atoms with Crippen molar-refractivity contribution in [3.8, 4) is 0 Å². The molecular formula is C5F8O2. The first-order chi connectivity index (χ1) is 6.52. The Kier molecular flexibility index (Phi) is 2.47. The van der Waals surface area contributed by atoms with Gasteiger partial charge in [0.2, 0.25) is 0 Å². The van der Waals surface area contributed by atoms with Crippen LogP contribution in [0.2, 0.25) is 0 Å². The summed E-state index contributed by atoms with van der Waals surface area (Å²) in [4.78, 5) is 0. The zero-order valence-corrected chi connectivity index (χ0v) is 6.34. The first kappa shape index (κ1) is 12.2. The largest absolute Gasteiger partial charge is 0.453 e. The average Bonchev–Trinajstić information content (AvgIpc) is 2.15. The third-order valence-corrected chi connectivity index (χ3v) is 1.29. The van der Waals surface area contributed by atoms with E-state index >= 15 is 0 Å². The third kappa shape index (κ3) is 1.78. The van der Waals surface area contributed by atoms with Crippen molar-refractivity contribution in [2.24, 2.45) is 0 Å². The SMILES string of the molecule is FC(F)=C(F)C1(F)OC(F)(F)C(F)(F)O1. The van der Waals surface area contributed by atoms with E-state index in [-0.39, 0.29) is 0 Å². The molecule has 0 unspecified atom stereocenters. The van der Waals surface area contributed by atoms with Crippen molar-refractivity contribution in [2.45, 2.75) is 18.3 Å². The lowest BCUT2D eigenvalue weighted by Gasteiger charge is -2.12. The number of hydrogen-bond donors (Lipinski definition) is 0. The number of ether oxygens (including phenoxy) is 2. The van der Waals surface area contributed by atoms with E-state index in [9.17, 15) is 35.1 Å². The molecule has 15 heavy (non-hydrogen) atoms. The highest BCUT2D eigenvalue weighted by atomic mass is 19.3. The van der Waals surface area contributed by atoms with Gasteiger partial charge >= 0.3 is 24.3 Å². The molecule has 0 radical (unpaired) electrons. The van der Waals surface area contributed by atoms with Gasteiger partial charge in [-0.1, -0.05) is 0 Å². The Morgan fingerprint density at radius 2 is 1.07 bits per heavy atom. The molecule has 1 fully saturated rings. The molecule has 1 rings (SSSR count). The topological polar surface area (TPSA) is 18.5 Å². The van der Waals surface area contributed by atoms with Crippen molar-refractivity contribution < 1.29 is 44.6 Å². The van der Waals surface area contributed by atoms with E-state index in [4.69, 9.17) is 0 Å². The second-order valence-electron chi connectivity index (χ2n) is 2.35. The summed E-state index contributed by atoms with van der Waals surface area (Å²) in [5, 5.41) is 0. The second-order valence-corrected chi connectivity index (χ2v) is 2.35. The fraction of sp³-hybridized carbons (Fsp3) is 0.600. The normalized spacial score (nSPS) is 26.4. The Bertz CT molecular complexity index is 290. The maximum Gasteiger partial charge on any atom is 0.453 e. The molecule has 1 aliphatic heterocycles. The lowest BCUT2D eigenvalue weighted by molar-refractivity contribution is -0.344. The molecule has 1 heterocycles. The van der Waals surface area contributed by atoms with Crippen LogP contribution >= 0.6 is 0 Å². The smallest absolute Gasteiger partial charge is 0.246 e. The third-order valence-electron chi connectivity index (χ3n) is 1.29. The van der Waals surface area contributed by atoms with Crippen LogP contribution < -0.4 is 0 Å². The zero-order valence-electron chi connectivity index (χ0n) is 6.34. The standard InChI is InChI=1S/C5F8O2/c6-1(2(7)8)3(9)14-4(10,11)5(12,13)15-3. The molecule has 1 aliphatic rings. The van der Waals surface area contributed by atoms with Crippen molar-refractivity contribution in [2.75, 3.05) is 0 Å². The predicted molar refractivity (Wildman–Crippen MR) is 26.3 cm³/mol. The molecule has 0 aromatic heterocycles. The van der Waals surface area contributed by atoms with E-state index in [0.29, 0.717) is 0 Å². The minimum atomic E-state index is -5.55. The van der Waals surface area contributed by atoms with Crippen LogP contribution in [-0.2, 0) is 9.47 Å². The van der Waals surface area contributed by atoms with E-state index in [1.54, 1.807) is 0 Å². The van der Waals surface area contributed by atoms with Gasteiger partial charge in [-0.2, -0.15) is 35.1 Å².